The van der Waals surface area contributed by atoms with Gasteiger partial charge in [-0.05, 0) is 44.2 Å². The number of benzene rings is 1. The summed E-state index contributed by atoms with van der Waals surface area (Å²) in [5.74, 6) is 0. The first-order valence-corrected chi connectivity index (χ1v) is 6.36. The highest BCUT2D eigenvalue weighted by Gasteiger charge is 2.18. The topological polar surface area (TPSA) is 24.9 Å². The number of nitrogens with one attached hydrogen (secondary N) is 1. The molecule has 1 aromatic carbocycles. The van der Waals surface area contributed by atoms with Gasteiger partial charge in [0, 0.05) is 6.20 Å². The van der Waals surface area contributed by atoms with E-state index in [0.29, 0.717) is 5.02 Å². The van der Waals surface area contributed by atoms with Gasteiger partial charge in [0.2, 0.25) is 0 Å². The Balaban J connectivity index is 2.52. The SMILES string of the molecule is CNC(c1cc(C)ccc1C)c1ncccc1Cl. The van der Waals surface area contributed by atoms with Crippen molar-refractivity contribution in [1.82, 2.24) is 10.3 Å². The van der Waals surface area contributed by atoms with Crippen LogP contribution in [0.25, 0.3) is 0 Å². The first kappa shape index (κ1) is 13.1. The van der Waals surface area contributed by atoms with Crippen LogP contribution in [0.1, 0.15) is 28.4 Å². The van der Waals surface area contributed by atoms with Gasteiger partial charge in [0.1, 0.15) is 0 Å². The number of pyridine rings is 1. The summed E-state index contributed by atoms with van der Waals surface area (Å²) in [7, 11) is 1.93. The molecule has 0 spiro atoms. The molecule has 3 heteroatoms. The second kappa shape index (κ2) is 5.51. The van der Waals surface area contributed by atoms with Crippen LogP contribution in [-0.4, -0.2) is 12.0 Å². The van der Waals surface area contributed by atoms with E-state index in [1.807, 2.05) is 19.2 Å². The van der Waals surface area contributed by atoms with Crippen LogP contribution in [0.5, 0.6) is 0 Å². The van der Waals surface area contributed by atoms with Crippen molar-refractivity contribution >= 4 is 11.6 Å². The first-order chi connectivity index (χ1) is 8.63. The highest BCUT2D eigenvalue weighted by atomic mass is 35.5. The van der Waals surface area contributed by atoms with E-state index in [0.717, 1.165) is 5.69 Å². The summed E-state index contributed by atoms with van der Waals surface area (Å²) in [5.41, 5.74) is 4.57. The zero-order chi connectivity index (χ0) is 13.1. The fourth-order valence-electron chi connectivity index (χ4n) is 2.12. The third kappa shape index (κ3) is 2.55. The molecule has 0 saturated carbocycles. The Kier molecular flexibility index (Phi) is 4.00. The molecule has 1 heterocycles. The van der Waals surface area contributed by atoms with E-state index in [-0.39, 0.29) is 6.04 Å². The van der Waals surface area contributed by atoms with E-state index in [1.54, 1.807) is 6.20 Å². The summed E-state index contributed by atoms with van der Waals surface area (Å²) in [5, 5.41) is 3.99. The van der Waals surface area contributed by atoms with Gasteiger partial charge in [-0.2, -0.15) is 0 Å². The van der Waals surface area contributed by atoms with Crippen molar-refractivity contribution in [2.45, 2.75) is 19.9 Å². The molecule has 2 rings (SSSR count). The van der Waals surface area contributed by atoms with E-state index in [2.05, 4.69) is 42.3 Å². The molecule has 1 N–H and O–H groups in total. The maximum absolute atomic E-state index is 6.24. The Hall–Kier alpha value is -1.38. The Morgan fingerprint density at radius 1 is 1.22 bits per heavy atom. The number of nitrogens with zero attached hydrogens (tertiary/aromatic N) is 1. The molecular weight excluding hydrogens is 244 g/mol. The molecule has 0 aliphatic rings. The van der Waals surface area contributed by atoms with Crippen LogP contribution in [-0.2, 0) is 0 Å². The summed E-state index contributed by atoms with van der Waals surface area (Å²) in [6, 6.07) is 10.2. The maximum Gasteiger partial charge on any atom is 0.0804 e. The van der Waals surface area contributed by atoms with Crippen LogP contribution in [0.3, 0.4) is 0 Å². The number of halogens is 1. The highest BCUT2D eigenvalue weighted by molar-refractivity contribution is 6.31. The van der Waals surface area contributed by atoms with Crippen LogP contribution in [0.4, 0.5) is 0 Å². The third-order valence-electron chi connectivity index (χ3n) is 3.09. The second-order valence-electron chi connectivity index (χ2n) is 4.45. The Bertz CT molecular complexity index is 552. The average Bonchev–Trinajstić information content (AvgIpc) is 2.36. The molecule has 0 fully saturated rings. The maximum atomic E-state index is 6.24. The molecule has 1 atom stereocenters. The van der Waals surface area contributed by atoms with Crippen LogP contribution in [0.15, 0.2) is 36.5 Å². The van der Waals surface area contributed by atoms with Crippen LogP contribution < -0.4 is 5.32 Å². The quantitative estimate of drug-likeness (QED) is 0.911. The zero-order valence-electron chi connectivity index (χ0n) is 10.9. The number of rotatable bonds is 3. The van der Waals surface area contributed by atoms with Crippen LogP contribution in [0, 0.1) is 13.8 Å². The van der Waals surface area contributed by atoms with Crippen molar-refractivity contribution in [2.24, 2.45) is 0 Å². The molecule has 1 unspecified atom stereocenters. The Morgan fingerprint density at radius 3 is 2.67 bits per heavy atom. The standard InChI is InChI=1S/C15H17ClN2/c1-10-6-7-11(2)12(9-10)14(17-3)15-13(16)5-4-8-18-15/h4-9,14,17H,1-3H3. The van der Waals surface area contributed by atoms with Crippen LogP contribution >= 0.6 is 11.6 Å². The molecular formula is C15H17ClN2. The van der Waals surface area contributed by atoms with Gasteiger partial charge in [-0.1, -0.05) is 35.4 Å². The minimum Gasteiger partial charge on any atom is -0.308 e. The minimum atomic E-state index is 0.0265. The first-order valence-electron chi connectivity index (χ1n) is 5.98. The third-order valence-corrected chi connectivity index (χ3v) is 3.41. The molecule has 0 aliphatic carbocycles. The van der Waals surface area contributed by atoms with Gasteiger partial charge < -0.3 is 5.32 Å². The predicted molar refractivity (Wildman–Crippen MR) is 76.1 cm³/mol. The average molecular weight is 261 g/mol. The molecule has 2 aromatic rings. The van der Waals surface area contributed by atoms with E-state index < -0.39 is 0 Å². The highest BCUT2D eigenvalue weighted by Crippen LogP contribution is 2.28. The number of hydrogen-bond donors (Lipinski definition) is 1. The lowest BCUT2D eigenvalue weighted by atomic mass is 9.96. The van der Waals surface area contributed by atoms with Crippen molar-refractivity contribution < 1.29 is 0 Å². The summed E-state index contributed by atoms with van der Waals surface area (Å²) < 4.78 is 0. The van der Waals surface area contributed by atoms with Gasteiger partial charge in [0.15, 0.2) is 0 Å². The fraction of sp³-hybridized carbons (Fsp3) is 0.267. The summed E-state index contributed by atoms with van der Waals surface area (Å²) in [4.78, 5) is 4.40. The molecule has 0 amide bonds. The number of hydrogen-bond acceptors (Lipinski definition) is 2. The molecule has 0 radical (unpaired) electrons. The molecule has 0 saturated heterocycles. The summed E-state index contributed by atoms with van der Waals surface area (Å²) in [6.07, 6.45) is 1.77. The van der Waals surface area contributed by atoms with E-state index >= 15 is 0 Å². The van der Waals surface area contributed by atoms with E-state index in [9.17, 15) is 0 Å². The minimum absolute atomic E-state index is 0.0265. The van der Waals surface area contributed by atoms with Crippen molar-refractivity contribution in [3.63, 3.8) is 0 Å². The van der Waals surface area contributed by atoms with Crippen LogP contribution in [0.2, 0.25) is 5.02 Å². The van der Waals surface area contributed by atoms with E-state index in [1.165, 1.54) is 16.7 Å². The molecule has 94 valence electrons. The molecule has 0 aliphatic heterocycles. The largest absolute Gasteiger partial charge is 0.308 e. The Morgan fingerprint density at radius 2 is 2.00 bits per heavy atom. The Labute approximate surface area is 113 Å². The van der Waals surface area contributed by atoms with Gasteiger partial charge in [-0.25, -0.2) is 0 Å². The molecule has 2 nitrogen and oxygen atoms in total. The second-order valence-corrected chi connectivity index (χ2v) is 4.86. The van der Waals surface area contributed by atoms with E-state index in [4.69, 9.17) is 11.6 Å². The van der Waals surface area contributed by atoms with Crippen molar-refractivity contribution in [3.8, 4) is 0 Å². The van der Waals surface area contributed by atoms with Crippen molar-refractivity contribution in [1.29, 1.82) is 0 Å². The number of aryl methyl sites for hydroxylation is 2. The zero-order valence-corrected chi connectivity index (χ0v) is 11.6. The van der Waals surface area contributed by atoms with Gasteiger partial charge in [-0.15, -0.1) is 0 Å². The van der Waals surface area contributed by atoms with Gasteiger partial charge >= 0.3 is 0 Å². The lowest BCUT2D eigenvalue weighted by Crippen LogP contribution is -2.20. The monoisotopic (exact) mass is 260 g/mol. The molecule has 1 aromatic heterocycles. The summed E-state index contributed by atoms with van der Waals surface area (Å²) >= 11 is 6.24. The smallest absolute Gasteiger partial charge is 0.0804 e. The van der Waals surface area contributed by atoms with Crippen molar-refractivity contribution in [2.75, 3.05) is 7.05 Å². The van der Waals surface area contributed by atoms with Gasteiger partial charge in [0.05, 0.1) is 16.8 Å². The predicted octanol–water partition coefficient (Wildman–Crippen LogP) is 3.66. The normalized spacial score (nSPS) is 12.4. The molecule has 18 heavy (non-hydrogen) atoms. The fourth-order valence-corrected chi connectivity index (χ4v) is 2.35. The van der Waals surface area contributed by atoms with Gasteiger partial charge in [-0.3, -0.25) is 4.98 Å². The number of aromatic nitrogens is 1. The lowest BCUT2D eigenvalue weighted by molar-refractivity contribution is 0.667. The summed E-state index contributed by atoms with van der Waals surface area (Å²) in [6.45, 7) is 4.20. The molecule has 0 bridgehead atoms. The van der Waals surface area contributed by atoms with Gasteiger partial charge in [0.25, 0.3) is 0 Å². The van der Waals surface area contributed by atoms with Crippen molar-refractivity contribution in [3.05, 3.63) is 63.9 Å². The lowest BCUT2D eigenvalue weighted by Gasteiger charge is -2.20.